The molecule has 1 N–H and O–H groups in total. The van der Waals surface area contributed by atoms with Crippen molar-refractivity contribution in [3.63, 3.8) is 0 Å². The number of rotatable bonds is 7. The molecule has 1 aromatic heterocycles. The number of phenols is 1. The van der Waals surface area contributed by atoms with Gasteiger partial charge >= 0.3 is 5.69 Å². The van der Waals surface area contributed by atoms with E-state index in [1.54, 1.807) is 42.6 Å². The lowest BCUT2D eigenvalue weighted by atomic mass is 10.1. The standard InChI is InChI=1S/C27H18N4O7/c1-16-2-10-25-22(12-16)29-27(38-25)21-13-18(5-9-24(21)32)28-15-17-3-7-20(8-4-17)37-26-11-6-19(30(33)34)14-23(26)31(35)36/h2-15,32H,1H3. The van der Waals surface area contributed by atoms with E-state index in [1.807, 2.05) is 25.1 Å². The lowest BCUT2D eigenvalue weighted by Gasteiger charge is -2.06. The third-order valence-corrected chi connectivity index (χ3v) is 5.57. The van der Waals surface area contributed by atoms with Crippen LogP contribution in [0.25, 0.3) is 22.6 Å². The van der Waals surface area contributed by atoms with Gasteiger partial charge in [0.2, 0.25) is 11.6 Å². The van der Waals surface area contributed by atoms with E-state index in [-0.39, 0.29) is 17.4 Å². The number of nitrogens with zero attached hydrogens (tertiary/aromatic N) is 4. The summed E-state index contributed by atoms with van der Waals surface area (Å²) in [4.78, 5) is 29.7. The Balaban J connectivity index is 1.34. The average Bonchev–Trinajstić information content (AvgIpc) is 3.32. The predicted molar refractivity (Wildman–Crippen MR) is 139 cm³/mol. The summed E-state index contributed by atoms with van der Waals surface area (Å²) in [6.45, 7) is 1.96. The van der Waals surface area contributed by atoms with Crippen LogP contribution in [0, 0.1) is 27.2 Å². The first kappa shape index (κ1) is 24.1. The number of aromatic nitrogens is 1. The van der Waals surface area contributed by atoms with E-state index in [1.165, 1.54) is 12.1 Å². The Hall–Kier alpha value is -5.58. The van der Waals surface area contributed by atoms with Crippen LogP contribution in [0.4, 0.5) is 17.1 Å². The summed E-state index contributed by atoms with van der Waals surface area (Å²) >= 11 is 0. The van der Waals surface area contributed by atoms with E-state index < -0.39 is 21.2 Å². The lowest BCUT2D eigenvalue weighted by molar-refractivity contribution is -0.394. The normalized spacial score (nSPS) is 11.2. The van der Waals surface area contributed by atoms with Crippen molar-refractivity contribution in [3.05, 3.63) is 110 Å². The summed E-state index contributed by atoms with van der Waals surface area (Å²) in [7, 11) is 0. The van der Waals surface area contributed by atoms with Gasteiger partial charge in [-0.3, -0.25) is 25.2 Å². The Morgan fingerprint density at radius 3 is 2.47 bits per heavy atom. The largest absolute Gasteiger partial charge is 0.507 e. The number of phenolic OH excluding ortho intramolecular Hbond substituents is 1. The monoisotopic (exact) mass is 510 g/mol. The molecule has 0 spiro atoms. The van der Waals surface area contributed by atoms with Crippen molar-refractivity contribution in [1.82, 2.24) is 4.98 Å². The zero-order chi connectivity index (χ0) is 26.8. The summed E-state index contributed by atoms with van der Waals surface area (Å²) in [5, 5.41) is 32.6. The topological polar surface area (TPSA) is 154 Å². The third-order valence-electron chi connectivity index (χ3n) is 5.57. The molecular formula is C27H18N4O7. The molecule has 0 fully saturated rings. The molecule has 11 heteroatoms. The number of non-ortho nitro benzene ring substituents is 1. The second-order valence-corrected chi connectivity index (χ2v) is 8.29. The number of hydrogen-bond donors (Lipinski definition) is 1. The Labute approximate surface area is 214 Å². The van der Waals surface area contributed by atoms with Gasteiger partial charge in [-0.25, -0.2) is 4.98 Å². The number of aromatic hydroxyl groups is 1. The highest BCUT2D eigenvalue weighted by Crippen LogP contribution is 2.35. The molecule has 0 unspecified atom stereocenters. The van der Waals surface area contributed by atoms with E-state index in [2.05, 4.69) is 9.98 Å². The van der Waals surface area contributed by atoms with Gasteiger partial charge in [0.05, 0.1) is 27.2 Å². The fourth-order valence-corrected chi connectivity index (χ4v) is 3.67. The van der Waals surface area contributed by atoms with Crippen LogP contribution in [-0.2, 0) is 0 Å². The Morgan fingerprint density at radius 1 is 0.947 bits per heavy atom. The summed E-state index contributed by atoms with van der Waals surface area (Å²) < 4.78 is 11.4. The number of nitro benzene ring substituents is 2. The van der Waals surface area contributed by atoms with Gasteiger partial charge in [0.25, 0.3) is 5.69 Å². The average molecular weight is 510 g/mol. The minimum absolute atomic E-state index is 0.00840. The maximum atomic E-state index is 11.3. The number of aryl methyl sites for hydroxylation is 1. The van der Waals surface area contributed by atoms with E-state index in [4.69, 9.17) is 9.15 Å². The molecule has 0 atom stereocenters. The van der Waals surface area contributed by atoms with E-state index in [0.717, 1.165) is 17.7 Å². The maximum absolute atomic E-state index is 11.3. The molecule has 0 aliphatic rings. The van der Waals surface area contributed by atoms with E-state index in [0.29, 0.717) is 33.7 Å². The van der Waals surface area contributed by atoms with Crippen LogP contribution in [0.5, 0.6) is 17.2 Å². The van der Waals surface area contributed by atoms with Crippen molar-refractivity contribution in [2.75, 3.05) is 0 Å². The first-order valence-electron chi connectivity index (χ1n) is 11.2. The first-order chi connectivity index (χ1) is 18.3. The number of hydrogen-bond acceptors (Lipinski definition) is 9. The van der Waals surface area contributed by atoms with Gasteiger partial charge < -0.3 is 14.3 Å². The molecule has 0 saturated carbocycles. The number of fused-ring (bicyclic) bond motifs is 1. The highest BCUT2D eigenvalue weighted by atomic mass is 16.6. The number of benzene rings is 4. The molecule has 38 heavy (non-hydrogen) atoms. The highest BCUT2D eigenvalue weighted by molar-refractivity contribution is 5.83. The van der Waals surface area contributed by atoms with Crippen LogP contribution in [0.1, 0.15) is 11.1 Å². The number of ether oxygens (including phenoxy) is 1. The molecular weight excluding hydrogens is 492 g/mol. The number of aliphatic imine (C=N–C) groups is 1. The second kappa shape index (κ2) is 9.82. The molecule has 188 valence electrons. The van der Waals surface area contributed by atoms with Crippen LogP contribution in [0.2, 0.25) is 0 Å². The summed E-state index contributed by atoms with van der Waals surface area (Å²) in [6, 6.07) is 20.2. The summed E-state index contributed by atoms with van der Waals surface area (Å²) in [6.07, 6.45) is 1.60. The zero-order valence-electron chi connectivity index (χ0n) is 19.8. The molecule has 5 rings (SSSR count). The molecule has 5 aromatic rings. The minimum Gasteiger partial charge on any atom is -0.507 e. The fourth-order valence-electron chi connectivity index (χ4n) is 3.67. The lowest BCUT2D eigenvalue weighted by Crippen LogP contribution is -1.96. The number of nitro groups is 2. The Bertz CT molecular complexity index is 1730. The van der Waals surface area contributed by atoms with Crippen LogP contribution in [0.15, 0.2) is 88.3 Å². The van der Waals surface area contributed by atoms with Crippen LogP contribution >= 0.6 is 0 Å². The van der Waals surface area contributed by atoms with Crippen molar-refractivity contribution >= 4 is 34.4 Å². The first-order valence-corrected chi connectivity index (χ1v) is 11.2. The van der Waals surface area contributed by atoms with Gasteiger partial charge in [0.1, 0.15) is 17.0 Å². The molecule has 1 heterocycles. The highest BCUT2D eigenvalue weighted by Gasteiger charge is 2.21. The molecule has 0 amide bonds. The fraction of sp³-hybridized carbons (Fsp3) is 0.0370. The zero-order valence-corrected chi connectivity index (χ0v) is 19.8. The number of oxazole rings is 1. The van der Waals surface area contributed by atoms with E-state index in [9.17, 15) is 25.3 Å². The van der Waals surface area contributed by atoms with Crippen molar-refractivity contribution < 1.29 is 24.1 Å². The third kappa shape index (κ3) is 5.02. The summed E-state index contributed by atoms with van der Waals surface area (Å²) in [5.41, 5.74) is 3.10. The molecule has 0 radical (unpaired) electrons. The molecule has 4 aromatic carbocycles. The predicted octanol–water partition coefficient (Wildman–Crippen LogP) is 6.87. The van der Waals surface area contributed by atoms with Gasteiger partial charge in [-0.15, -0.1) is 0 Å². The molecule has 0 saturated heterocycles. The van der Waals surface area contributed by atoms with Crippen LogP contribution in [0.3, 0.4) is 0 Å². The van der Waals surface area contributed by atoms with Crippen molar-refractivity contribution in [3.8, 4) is 28.7 Å². The molecule has 0 aliphatic heterocycles. The SMILES string of the molecule is Cc1ccc2oc(-c3cc(N=Cc4ccc(Oc5ccc([N+](=O)[O-])cc5[N+](=O)[O-])cc4)ccc3O)nc2c1. The van der Waals surface area contributed by atoms with Crippen molar-refractivity contribution in [2.45, 2.75) is 6.92 Å². The quantitative estimate of drug-likeness (QED) is 0.141. The molecule has 0 bridgehead atoms. The van der Waals surface area contributed by atoms with Gasteiger partial charge in [-0.05, 0) is 78.7 Å². The van der Waals surface area contributed by atoms with Gasteiger partial charge in [0, 0.05) is 12.3 Å². The van der Waals surface area contributed by atoms with Gasteiger partial charge in [-0.1, -0.05) is 6.07 Å². The Kier molecular flexibility index (Phi) is 6.23. The molecule has 0 aliphatic carbocycles. The maximum Gasteiger partial charge on any atom is 0.318 e. The minimum atomic E-state index is -0.739. The van der Waals surface area contributed by atoms with E-state index >= 15 is 0 Å². The van der Waals surface area contributed by atoms with Gasteiger partial charge in [-0.2, -0.15) is 0 Å². The van der Waals surface area contributed by atoms with Gasteiger partial charge in [0.15, 0.2) is 5.58 Å². The summed E-state index contributed by atoms with van der Waals surface area (Å²) in [5.74, 6) is 0.473. The Morgan fingerprint density at radius 2 is 1.74 bits per heavy atom. The van der Waals surface area contributed by atoms with Crippen LogP contribution < -0.4 is 4.74 Å². The smallest absolute Gasteiger partial charge is 0.318 e. The van der Waals surface area contributed by atoms with Crippen molar-refractivity contribution in [2.24, 2.45) is 4.99 Å². The molecule has 11 nitrogen and oxygen atoms in total. The van der Waals surface area contributed by atoms with Crippen molar-refractivity contribution in [1.29, 1.82) is 0 Å². The second-order valence-electron chi connectivity index (χ2n) is 8.29. The van der Waals surface area contributed by atoms with Crippen LogP contribution in [-0.4, -0.2) is 26.2 Å².